The molecule has 1 aliphatic carbocycles. The number of hydrogen-bond acceptors (Lipinski definition) is 4. The van der Waals surface area contributed by atoms with Gasteiger partial charge in [-0.2, -0.15) is 0 Å². The lowest BCUT2D eigenvalue weighted by Gasteiger charge is -2.21. The molecule has 2 rings (SSSR count). The molecule has 1 aliphatic rings. The standard InChI is InChI=1S/C19H30N2O4S/c1-15-10-11-17(26(23,24)21(2)3)14-18(15)19(22)20-12-7-13-25-16-8-5-4-6-9-16/h10-11,14,16H,4-9,12-13H2,1-3H3,(H,20,22). The van der Waals surface area contributed by atoms with Crippen molar-refractivity contribution in [2.24, 2.45) is 0 Å². The Balaban J connectivity index is 1.86. The minimum Gasteiger partial charge on any atom is -0.378 e. The number of benzene rings is 1. The van der Waals surface area contributed by atoms with Crippen LogP contribution in [0.4, 0.5) is 0 Å². The highest BCUT2D eigenvalue weighted by Gasteiger charge is 2.20. The summed E-state index contributed by atoms with van der Waals surface area (Å²) in [6.45, 7) is 2.95. The molecule has 0 aliphatic heterocycles. The van der Waals surface area contributed by atoms with Gasteiger partial charge in [-0.15, -0.1) is 0 Å². The zero-order valence-corrected chi connectivity index (χ0v) is 16.8. The SMILES string of the molecule is Cc1ccc(S(=O)(=O)N(C)C)cc1C(=O)NCCCOC1CCCCC1. The first kappa shape index (κ1) is 20.9. The first-order valence-electron chi connectivity index (χ1n) is 9.25. The number of ether oxygens (including phenoxy) is 1. The number of amides is 1. The van der Waals surface area contributed by atoms with Crippen molar-refractivity contribution in [1.29, 1.82) is 0 Å². The molecule has 1 aromatic carbocycles. The number of hydrogen-bond donors (Lipinski definition) is 1. The Hall–Kier alpha value is -1.44. The Morgan fingerprint density at radius 2 is 1.92 bits per heavy atom. The molecule has 0 bridgehead atoms. The zero-order chi connectivity index (χ0) is 19.2. The normalized spacial score (nSPS) is 16.0. The van der Waals surface area contributed by atoms with Crippen molar-refractivity contribution in [2.75, 3.05) is 27.2 Å². The fourth-order valence-corrected chi connectivity index (χ4v) is 4.00. The molecule has 0 atom stereocenters. The summed E-state index contributed by atoms with van der Waals surface area (Å²) in [6, 6.07) is 4.63. The summed E-state index contributed by atoms with van der Waals surface area (Å²) in [5.41, 5.74) is 1.14. The van der Waals surface area contributed by atoms with E-state index in [1.807, 2.05) is 0 Å². The van der Waals surface area contributed by atoms with Gasteiger partial charge >= 0.3 is 0 Å². The van der Waals surface area contributed by atoms with Gasteiger partial charge in [0.25, 0.3) is 5.91 Å². The van der Waals surface area contributed by atoms with E-state index < -0.39 is 10.0 Å². The fraction of sp³-hybridized carbons (Fsp3) is 0.632. The van der Waals surface area contributed by atoms with Gasteiger partial charge in [0.1, 0.15) is 0 Å². The fourth-order valence-electron chi connectivity index (χ4n) is 3.07. The molecule has 1 saturated carbocycles. The first-order chi connectivity index (χ1) is 12.3. The molecule has 6 nitrogen and oxygen atoms in total. The Morgan fingerprint density at radius 1 is 1.23 bits per heavy atom. The Kier molecular flexibility index (Phi) is 7.61. The summed E-state index contributed by atoms with van der Waals surface area (Å²) < 4.78 is 31.5. The summed E-state index contributed by atoms with van der Waals surface area (Å²) in [5, 5.41) is 2.86. The van der Waals surface area contributed by atoms with Crippen molar-refractivity contribution in [2.45, 2.75) is 56.4 Å². The summed E-state index contributed by atoms with van der Waals surface area (Å²) >= 11 is 0. The van der Waals surface area contributed by atoms with Crippen molar-refractivity contribution in [3.05, 3.63) is 29.3 Å². The number of carbonyl (C=O) groups excluding carboxylic acids is 1. The van der Waals surface area contributed by atoms with Crippen LogP contribution in [0.1, 0.15) is 54.4 Å². The molecular formula is C19H30N2O4S. The molecule has 7 heteroatoms. The third-order valence-corrected chi connectivity index (χ3v) is 6.56. The largest absolute Gasteiger partial charge is 0.378 e. The highest BCUT2D eigenvalue weighted by Crippen LogP contribution is 2.20. The zero-order valence-electron chi connectivity index (χ0n) is 16.0. The van der Waals surface area contributed by atoms with E-state index in [1.165, 1.54) is 45.5 Å². The van der Waals surface area contributed by atoms with Crippen LogP contribution in [0, 0.1) is 6.92 Å². The number of aryl methyl sites for hydroxylation is 1. The van der Waals surface area contributed by atoms with Gasteiger partial charge in [-0.3, -0.25) is 4.79 Å². The van der Waals surface area contributed by atoms with Crippen LogP contribution >= 0.6 is 0 Å². The van der Waals surface area contributed by atoms with Crippen LogP contribution in [0.15, 0.2) is 23.1 Å². The molecule has 0 aromatic heterocycles. The van der Waals surface area contributed by atoms with Gasteiger partial charge in [0.05, 0.1) is 11.0 Å². The summed E-state index contributed by atoms with van der Waals surface area (Å²) in [5.74, 6) is -0.254. The van der Waals surface area contributed by atoms with Crippen molar-refractivity contribution in [1.82, 2.24) is 9.62 Å². The molecule has 0 heterocycles. The van der Waals surface area contributed by atoms with Crippen LogP contribution in [-0.2, 0) is 14.8 Å². The van der Waals surface area contributed by atoms with Crippen LogP contribution in [0.2, 0.25) is 0 Å². The topological polar surface area (TPSA) is 75.7 Å². The van der Waals surface area contributed by atoms with E-state index in [-0.39, 0.29) is 10.8 Å². The van der Waals surface area contributed by atoms with E-state index in [1.54, 1.807) is 13.0 Å². The summed E-state index contributed by atoms with van der Waals surface area (Å²) in [4.78, 5) is 12.5. The van der Waals surface area contributed by atoms with Gasteiger partial charge in [-0.05, 0) is 43.9 Å². The van der Waals surface area contributed by atoms with Crippen molar-refractivity contribution in [3.63, 3.8) is 0 Å². The van der Waals surface area contributed by atoms with E-state index in [9.17, 15) is 13.2 Å². The molecule has 146 valence electrons. The Morgan fingerprint density at radius 3 is 2.58 bits per heavy atom. The number of nitrogens with zero attached hydrogens (tertiary/aromatic N) is 1. The van der Waals surface area contributed by atoms with Crippen LogP contribution in [0.25, 0.3) is 0 Å². The van der Waals surface area contributed by atoms with E-state index in [0.717, 1.165) is 29.1 Å². The average molecular weight is 383 g/mol. The molecule has 0 spiro atoms. The minimum atomic E-state index is -3.56. The molecule has 1 N–H and O–H groups in total. The lowest BCUT2D eigenvalue weighted by atomic mass is 9.98. The van der Waals surface area contributed by atoms with E-state index >= 15 is 0 Å². The molecule has 1 aromatic rings. The lowest BCUT2D eigenvalue weighted by molar-refractivity contribution is 0.0273. The quantitative estimate of drug-likeness (QED) is 0.702. The van der Waals surface area contributed by atoms with E-state index in [4.69, 9.17) is 4.74 Å². The monoisotopic (exact) mass is 382 g/mol. The Bertz CT molecular complexity index is 710. The molecule has 0 radical (unpaired) electrons. The maximum atomic E-state index is 12.4. The predicted octanol–water partition coefficient (Wildman–Crippen LogP) is 2.71. The van der Waals surface area contributed by atoms with Gasteiger partial charge in [0.15, 0.2) is 0 Å². The molecule has 1 amide bonds. The number of rotatable bonds is 8. The third-order valence-electron chi connectivity index (χ3n) is 4.74. The summed E-state index contributed by atoms with van der Waals surface area (Å²) in [6.07, 6.45) is 7.18. The molecular weight excluding hydrogens is 352 g/mol. The van der Waals surface area contributed by atoms with E-state index in [2.05, 4.69) is 5.32 Å². The van der Waals surface area contributed by atoms with Gasteiger partial charge in [-0.25, -0.2) is 12.7 Å². The molecule has 26 heavy (non-hydrogen) atoms. The summed E-state index contributed by atoms with van der Waals surface area (Å²) in [7, 11) is -0.611. The molecule has 0 unspecified atom stereocenters. The Labute approximate surface area is 157 Å². The van der Waals surface area contributed by atoms with Gasteiger partial charge in [-0.1, -0.05) is 25.3 Å². The maximum absolute atomic E-state index is 12.4. The van der Waals surface area contributed by atoms with Crippen LogP contribution in [-0.4, -0.2) is 52.0 Å². The molecule has 0 saturated heterocycles. The van der Waals surface area contributed by atoms with Gasteiger partial charge in [0, 0.05) is 32.8 Å². The smallest absolute Gasteiger partial charge is 0.251 e. The minimum absolute atomic E-state index is 0.124. The van der Waals surface area contributed by atoms with Gasteiger partial charge < -0.3 is 10.1 Å². The van der Waals surface area contributed by atoms with Crippen molar-refractivity contribution < 1.29 is 17.9 Å². The van der Waals surface area contributed by atoms with Crippen molar-refractivity contribution in [3.8, 4) is 0 Å². The van der Waals surface area contributed by atoms with E-state index in [0.29, 0.717) is 24.8 Å². The predicted molar refractivity (Wildman–Crippen MR) is 102 cm³/mol. The highest BCUT2D eigenvalue weighted by atomic mass is 32.2. The number of nitrogens with one attached hydrogen (secondary N) is 1. The second kappa shape index (κ2) is 9.48. The van der Waals surface area contributed by atoms with Gasteiger partial charge in [0.2, 0.25) is 10.0 Å². The van der Waals surface area contributed by atoms with Crippen LogP contribution in [0.3, 0.4) is 0 Å². The second-order valence-corrected chi connectivity index (χ2v) is 9.16. The van der Waals surface area contributed by atoms with Crippen molar-refractivity contribution >= 4 is 15.9 Å². The van der Waals surface area contributed by atoms with Crippen LogP contribution in [0.5, 0.6) is 0 Å². The third kappa shape index (κ3) is 5.53. The maximum Gasteiger partial charge on any atom is 0.251 e. The lowest BCUT2D eigenvalue weighted by Crippen LogP contribution is -2.28. The van der Waals surface area contributed by atoms with Crippen LogP contribution < -0.4 is 5.32 Å². The highest BCUT2D eigenvalue weighted by molar-refractivity contribution is 7.89. The first-order valence-corrected chi connectivity index (χ1v) is 10.7. The second-order valence-electron chi connectivity index (χ2n) is 7.00. The average Bonchev–Trinajstić information content (AvgIpc) is 2.62. The molecule has 1 fully saturated rings. The number of sulfonamides is 1. The number of carbonyl (C=O) groups is 1.